The Morgan fingerprint density at radius 3 is 2.95 bits per heavy atom. The standard InChI is InChI=1S/C13H16NO3PS2/c1-9(2)11-8-20-13(19)14(11)18(15)16-7-10-5-3-4-6-12(10)17-18/h3-6,9,11H,7-8H2,1-2H3/t11-,18?/m1/s1. The first-order valence-corrected chi connectivity index (χ1v) is 9.39. The molecule has 2 heterocycles. The molecule has 2 aliphatic rings. The molecule has 0 N–H and O–H groups in total. The highest BCUT2D eigenvalue weighted by atomic mass is 32.2. The lowest BCUT2D eigenvalue weighted by Gasteiger charge is -2.40. The second-order valence-electron chi connectivity index (χ2n) is 5.17. The highest BCUT2D eigenvalue weighted by Crippen LogP contribution is 2.63. The van der Waals surface area contributed by atoms with Crippen molar-refractivity contribution in [3.8, 4) is 5.75 Å². The summed E-state index contributed by atoms with van der Waals surface area (Å²) in [5, 5.41) is 0. The number of thioether (sulfide) groups is 1. The van der Waals surface area contributed by atoms with Crippen molar-refractivity contribution in [3.05, 3.63) is 29.8 Å². The van der Waals surface area contributed by atoms with Crippen molar-refractivity contribution in [1.82, 2.24) is 4.67 Å². The van der Waals surface area contributed by atoms with Gasteiger partial charge in [0.05, 0.1) is 6.04 Å². The predicted molar refractivity (Wildman–Crippen MR) is 84.3 cm³/mol. The molecule has 108 valence electrons. The number of para-hydroxylation sites is 1. The molecule has 1 unspecified atom stereocenters. The van der Waals surface area contributed by atoms with Crippen LogP contribution in [0.1, 0.15) is 19.4 Å². The molecular formula is C13H16NO3PS2. The van der Waals surface area contributed by atoms with Gasteiger partial charge in [0.1, 0.15) is 6.61 Å². The molecule has 20 heavy (non-hydrogen) atoms. The van der Waals surface area contributed by atoms with E-state index in [-0.39, 0.29) is 6.04 Å². The van der Waals surface area contributed by atoms with E-state index in [1.165, 1.54) is 0 Å². The summed E-state index contributed by atoms with van der Waals surface area (Å²) < 4.78 is 13.6. The largest absolute Gasteiger partial charge is 0.604 e. The van der Waals surface area contributed by atoms with E-state index < -0.39 is 8.09 Å². The van der Waals surface area contributed by atoms with E-state index in [1.807, 2.05) is 24.3 Å². The first kappa shape index (κ1) is 14.5. The van der Waals surface area contributed by atoms with Gasteiger partial charge in [0.25, 0.3) is 0 Å². The average molecular weight is 329 g/mol. The Labute approximate surface area is 129 Å². The van der Waals surface area contributed by atoms with Crippen LogP contribution in [0.5, 0.6) is 5.75 Å². The van der Waals surface area contributed by atoms with Crippen LogP contribution in [0.15, 0.2) is 24.3 Å². The Balaban J connectivity index is 1.91. The van der Waals surface area contributed by atoms with Crippen molar-refractivity contribution < 1.29 is 13.9 Å². The van der Waals surface area contributed by atoms with E-state index in [1.54, 1.807) is 16.4 Å². The van der Waals surface area contributed by atoms with E-state index in [0.29, 0.717) is 22.6 Å². The van der Waals surface area contributed by atoms with Crippen LogP contribution >= 0.6 is 32.1 Å². The number of fused-ring (bicyclic) bond motifs is 1. The molecule has 1 aromatic carbocycles. The Hall–Kier alpha value is -0.390. The van der Waals surface area contributed by atoms with E-state index in [4.69, 9.17) is 21.3 Å². The van der Waals surface area contributed by atoms with Gasteiger partial charge in [-0.15, -0.1) is 0 Å². The Morgan fingerprint density at radius 1 is 1.45 bits per heavy atom. The highest BCUT2D eigenvalue weighted by Gasteiger charge is 2.53. The summed E-state index contributed by atoms with van der Waals surface area (Å²) in [4.78, 5) is 13.1. The first-order valence-electron chi connectivity index (χ1n) is 6.50. The summed E-state index contributed by atoms with van der Waals surface area (Å²) in [5.41, 5.74) is 0.915. The zero-order valence-corrected chi connectivity index (χ0v) is 13.8. The maximum Gasteiger partial charge on any atom is 0.390 e. The van der Waals surface area contributed by atoms with Crippen molar-refractivity contribution >= 4 is 36.4 Å². The molecule has 0 bridgehead atoms. The zero-order chi connectivity index (χ0) is 14.3. The third kappa shape index (κ3) is 2.44. The van der Waals surface area contributed by atoms with Crippen molar-refractivity contribution in [2.45, 2.75) is 26.5 Å². The predicted octanol–water partition coefficient (Wildman–Crippen LogP) is 2.99. The topological polar surface area (TPSA) is 44.8 Å². The molecule has 1 saturated heterocycles. The molecule has 0 amide bonds. The van der Waals surface area contributed by atoms with Gasteiger partial charge in [-0.2, -0.15) is 9.19 Å². The first-order chi connectivity index (χ1) is 9.51. The summed E-state index contributed by atoms with van der Waals surface area (Å²) in [7, 11) is -3.39. The quantitative estimate of drug-likeness (QED) is 0.614. The van der Waals surface area contributed by atoms with Crippen LogP contribution in [-0.4, -0.2) is 20.8 Å². The van der Waals surface area contributed by atoms with Crippen LogP contribution in [0, 0.1) is 5.92 Å². The molecule has 1 fully saturated rings. The Bertz CT molecular complexity index is 542. The van der Waals surface area contributed by atoms with Gasteiger partial charge in [0, 0.05) is 11.3 Å². The molecule has 0 aromatic heterocycles. The summed E-state index contributed by atoms with van der Waals surface area (Å²) in [6.45, 7) is 4.48. The van der Waals surface area contributed by atoms with Gasteiger partial charge in [0.2, 0.25) is 0 Å². The number of nitrogens with zero attached hydrogens (tertiary/aromatic N) is 1. The second kappa shape index (κ2) is 5.43. The number of hydrogen-bond donors (Lipinski definition) is 0. The molecule has 4 nitrogen and oxygen atoms in total. The van der Waals surface area contributed by atoms with Crippen LogP contribution in [-0.2, 0) is 11.1 Å². The van der Waals surface area contributed by atoms with Gasteiger partial charge in [0.15, 0.2) is 10.1 Å². The smallest absolute Gasteiger partial charge is 0.390 e. The van der Waals surface area contributed by atoms with E-state index in [9.17, 15) is 4.89 Å². The molecule has 1 aromatic rings. The van der Waals surface area contributed by atoms with Gasteiger partial charge < -0.3 is 4.89 Å². The van der Waals surface area contributed by atoms with Crippen LogP contribution in [0.4, 0.5) is 0 Å². The fourth-order valence-electron chi connectivity index (χ4n) is 2.31. The SMILES string of the molecule is CC(C)[C@H]1CSC(=S)N1[P+]1([O-])OCc2ccccc2O1. The molecule has 2 atom stereocenters. The maximum absolute atomic E-state index is 13.1. The van der Waals surface area contributed by atoms with Crippen molar-refractivity contribution in [2.75, 3.05) is 5.75 Å². The minimum atomic E-state index is -3.39. The summed E-state index contributed by atoms with van der Waals surface area (Å²) >= 11 is 6.89. The Kier molecular flexibility index (Phi) is 3.95. The molecule has 0 aliphatic carbocycles. The number of rotatable bonds is 2. The van der Waals surface area contributed by atoms with Crippen LogP contribution in [0.25, 0.3) is 0 Å². The van der Waals surface area contributed by atoms with E-state index >= 15 is 0 Å². The average Bonchev–Trinajstić information content (AvgIpc) is 2.81. The normalized spacial score (nSPS) is 29.5. The second-order valence-corrected chi connectivity index (χ2v) is 8.64. The van der Waals surface area contributed by atoms with Gasteiger partial charge in [-0.05, 0) is 24.2 Å². The maximum atomic E-state index is 13.1. The Morgan fingerprint density at radius 2 is 2.20 bits per heavy atom. The minimum Gasteiger partial charge on any atom is -0.604 e. The molecule has 3 rings (SSSR count). The molecule has 0 radical (unpaired) electrons. The highest BCUT2D eigenvalue weighted by molar-refractivity contribution is 8.23. The van der Waals surface area contributed by atoms with Crippen LogP contribution in [0.3, 0.4) is 0 Å². The van der Waals surface area contributed by atoms with E-state index in [2.05, 4.69) is 13.8 Å². The number of thiocarbonyl (C=S) groups is 1. The lowest BCUT2D eigenvalue weighted by Crippen LogP contribution is -2.44. The van der Waals surface area contributed by atoms with Gasteiger partial charge >= 0.3 is 8.09 Å². The zero-order valence-electron chi connectivity index (χ0n) is 11.3. The van der Waals surface area contributed by atoms with Gasteiger partial charge in [-0.1, -0.05) is 43.8 Å². The number of hydrogen-bond acceptors (Lipinski definition) is 5. The molecule has 0 saturated carbocycles. The third-order valence-corrected chi connectivity index (χ3v) is 7.16. The molecular weight excluding hydrogens is 313 g/mol. The molecule has 0 spiro atoms. The fourth-order valence-corrected chi connectivity index (χ4v) is 6.55. The number of benzene rings is 1. The molecule has 2 aliphatic heterocycles. The van der Waals surface area contributed by atoms with Gasteiger partial charge in [-0.25, -0.2) is 0 Å². The van der Waals surface area contributed by atoms with Crippen LogP contribution < -0.4 is 9.42 Å². The van der Waals surface area contributed by atoms with Crippen LogP contribution in [0.2, 0.25) is 0 Å². The fraction of sp³-hybridized carbons (Fsp3) is 0.462. The van der Waals surface area contributed by atoms with Crippen molar-refractivity contribution in [2.24, 2.45) is 5.92 Å². The summed E-state index contributed by atoms with van der Waals surface area (Å²) in [5.74, 6) is 1.79. The van der Waals surface area contributed by atoms with Crippen molar-refractivity contribution in [1.29, 1.82) is 0 Å². The molecule has 7 heteroatoms. The lowest BCUT2D eigenvalue weighted by atomic mass is 10.1. The monoisotopic (exact) mass is 329 g/mol. The van der Waals surface area contributed by atoms with Gasteiger partial charge in [-0.3, -0.25) is 4.52 Å². The van der Waals surface area contributed by atoms with Crippen molar-refractivity contribution in [3.63, 3.8) is 0 Å². The van der Waals surface area contributed by atoms with E-state index in [0.717, 1.165) is 11.3 Å². The lowest BCUT2D eigenvalue weighted by molar-refractivity contribution is -0.227. The minimum absolute atomic E-state index is 0.0867. The third-order valence-electron chi connectivity index (χ3n) is 3.48. The summed E-state index contributed by atoms with van der Waals surface area (Å²) in [6, 6.07) is 7.60. The summed E-state index contributed by atoms with van der Waals surface area (Å²) in [6.07, 6.45) is 0.